The van der Waals surface area contributed by atoms with Crippen LogP contribution in [0.25, 0.3) is 0 Å². The van der Waals surface area contributed by atoms with Gasteiger partial charge in [-0.15, -0.1) is 0 Å². The van der Waals surface area contributed by atoms with Gasteiger partial charge in [-0.05, 0) is 47.5 Å². The van der Waals surface area contributed by atoms with E-state index >= 15 is 0 Å². The fourth-order valence-electron chi connectivity index (χ4n) is 1.78. The SMILES string of the molecule is CC(C)Nc1cnn(Cc2ccc(F)c(Br)c2)c(=O)c1. The number of hydrogen-bond donors (Lipinski definition) is 1. The van der Waals surface area contributed by atoms with Crippen LogP contribution in [0.2, 0.25) is 0 Å². The molecule has 0 fully saturated rings. The molecule has 0 saturated carbocycles. The van der Waals surface area contributed by atoms with Gasteiger partial charge in [0.05, 0.1) is 22.9 Å². The molecular weight excluding hydrogens is 325 g/mol. The van der Waals surface area contributed by atoms with Crippen molar-refractivity contribution in [2.45, 2.75) is 26.4 Å². The summed E-state index contributed by atoms with van der Waals surface area (Å²) in [5.74, 6) is -0.328. The maximum Gasteiger partial charge on any atom is 0.269 e. The van der Waals surface area contributed by atoms with Crippen molar-refractivity contribution < 1.29 is 4.39 Å². The number of anilines is 1. The first-order valence-corrected chi connectivity index (χ1v) is 7.02. The van der Waals surface area contributed by atoms with Gasteiger partial charge in [-0.2, -0.15) is 5.10 Å². The molecule has 0 amide bonds. The lowest BCUT2D eigenvalue weighted by molar-refractivity contribution is 0.613. The predicted octanol–water partition coefficient (Wildman–Crippen LogP) is 3.01. The molecule has 1 aromatic heterocycles. The minimum absolute atomic E-state index is 0.198. The zero-order valence-corrected chi connectivity index (χ0v) is 12.8. The van der Waals surface area contributed by atoms with Gasteiger partial charge in [-0.1, -0.05) is 6.07 Å². The molecule has 106 valence electrons. The lowest BCUT2D eigenvalue weighted by Gasteiger charge is -2.10. The Kier molecular flexibility index (Phi) is 4.54. The van der Waals surface area contributed by atoms with Gasteiger partial charge >= 0.3 is 0 Å². The molecule has 1 aromatic carbocycles. The van der Waals surface area contributed by atoms with Crippen LogP contribution in [0.15, 0.2) is 39.7 Å². The number of nitrogens with zero attached hydrogens (tertiary/aromatic N) is 2. The van der Waals surface area contributed by atoms with Gasteiger partial charge in [0, 0.05) is 12.1 Å². The third-order valence-corrected chi connectivity index (χ3v) is 3.25. The van der Waals surface area contributed by atoms with Crippen molar-refractivity contribution in [3.63, 3.8) is 0 Å². The van der Waals surface area contributed by atoms with Gasteiger partial charge < -0.3 is 5.32 Å². The Morgan fingerprint density at radius 2 is 2.15 bits per heavy atom. The third-order valence-electron chi connectivity index (χ3n) is 2.64. The predicted molar refractivity (Wildman–Crippen MR) is 80.5 cm³/mol. The second kappa shape index (κ2) is 6.17. The maximum absolute atomic E-state index is 13.2. The van der Waals surface area contributed by atoms with Crippen LogP contribution in [0.5, 0.6) is 0 Å². The van der Waals surface area contributed by atoms with Crippen LogP contribution < -0.4 is 10.9 Å². The van der Waals surface area contributed by atoms with Gasteiger partial charge in [0.15, 0.2) is 0 Å². The molecule has 0 saturated heterocycles. The van der Waals surface area contributed by atoms with Crippen molar-refractivity contribution in [1.29, 1.82) is 0 Å². The fraction of sp³-hybridized carbons (Fsp3) is 0.286. The molecule has 0 atom stereocenters. The van der Waals surface area contributed by atoms with Gasteiger partial charge in [-0.3, -0.25) is 4.79 Å². The first-order valence-electron chi connectivity index (χ1n) is 6.23. The standard InChI is InChI=1S/C14H15BrFN3O/c1-9(2)18-11-6-14(20)19(17-7-11)8-10-3-4-13(16)12(15)5-10/h3-7,9,18H,8H2,1-2H3. The summed E-state index contributed by atoms with van der Waals surface area (Å²) < 4.78 is 14.9. The fourth-order valence-corrected chi connectivity index (χ4v) is 2.20. The second-order valence-corrected chi connectivity index (χ2v) is 5.64. The number of hydrogen-bond acceptors (Lipinski definition) is 3. The minimum Gasteiger partial charge on any atom is -0.381 e. The summed E-state index contributed by atoms with van der Waals surface area (Å²) in [6, 6.07) is 6.38. The number of halogens is 2. The van der Waals surface area contributed by atoms with Crippen molar-refractivity contribution in [2.24, 2.45) is 0 Å². The van der Waals surface area contributed by atoms with Crippen molar-refractivity contribution in [1.82, 2.24) is 9.78 Å². The van der Waals surface area contributed by atoms with E-state index < -0.39 is 0 Å². The van der Waals surface area contributed by atoms with Crippen LogP contribution in [0.4, 0.5) is 10.1 Å². The minimum atomic E-state index is -0.328. The van der Waals surface area contributed by atoms with Crippen LogP contribution in [0, 0.1) is 5.82 Å². The molecule has 2 rings (SSSR count). The lowest BCUT2D eigenvalue weighted by Crippen LogP contribution is -2.24. The van der Waals surface area contributed by atoms with Crippen molar-refractivity contribution in [3.05, 3.63) is 56.7 Å². The average molecular weight is 340 g/mol. The van der Waals surface area contributed by atoms with E-state index in [-0.39, 0.29) is 17.4 Å². The van der Waals surface area contributed by atoms with Gasteiger partial charge in [0.2, 0.25) is 0 Å². The number of rotatable bonds is 4. The zero-order valence-electron chi connectivity index (χ0n) is 11.2. The van der Waals surface area contributed by atoms with Crippen LogP contribution >= 0.6 is 15.9 Å². The van der Waals surface area contributed by atoms with Crippen molar-refractivity contribution >= 4 is 21.6 Å². The summed E-state index contributed by atoms with van der Waals surface area (Å²) >= 11 is 3.12. The molecule has 20 heavy (non-hydrogen) atoms. The first kappa shape index (κ1) is 14.7. The molecule has 0 unspecified atom stereocenters. The summed E-state index contributed by atoms with van der Waals surface area (Å²) in [7, 11) is 0. The Balaban J connectivity index is 2.21. The largest absolute Gasteiger partial charge is 0.381 e. The van der Waals surface area contributed by atoms with Crippen molar-refractivity contribution in [3.8, 4) is 0 Å². The van der Waals surface area contributed by atoms with E-state index in [1.807, 2.05) is 13.8 Å². The summed E-state index contributed by atoms with van der Waals surface area (Å²) in [5, 5.41) is 7.23. The highest BCUT2D eigenvalue weighted by Crippen LogP contribution is 2.17. The Morgan fingerprint density at radius 1 is 1.40 bits per heavy atom. The second-order valence-electron chi connectivity index (χ2n) is 4.79. The Hall–Kier alpha value is -1.69. The summed E-state index contributed by atoms with van der Waals surface area (Å²) in [5.41, 5.74) is 1.30. The molecular formula is C14H15BrFN3O. The zero-order chi connectivity index (χ0) is 14.7. The molecule has 0 radical (unpaired) electrons. The molecule has 0 aliphatic carbocycles. The van der Waals surface area contributed by atoms with E-state index in [0.29, 0.717) is 16.7 Å². The highest BCUT2D eigenvalue weighted by Gasteiger charge is 2.05. The topological polar surface area (TPSA) is 46.9 Å². The third kappa shape index (κ3) is 3.66. The van der Waals surface area contributed by atoms with E-state index in [0.717, 1.165) is 5.56 Å². The Labute approximate surface area is 124 Å². The monoisotopic (exact) mass is 339 g/mol. The molecule has 4 nitrogen and oxygen atoms in total. The summed E-state index contributed by atoms with van der Waals surface area (Å²) in [6.45, 7) is 4.28. The highest BCUT2D eigenvalue weighted by molar-refractivity contribution is 9.10. The normalized spacial score (nSPS) is 10.8. The van der Waals surface area contributed by atoms with E-state index in [9.17, 15) is 9.18 Å². The van der Waals surface area contributed by atoms with E-state index in [2.05, 4.69) is 26.3 Å². The van der Waals surface area contributed by atoms with Gasteiger partial charge in [0.25, 0.3) is 5.56 Å². The lowest BCUT2D eigenvalue weighted by atomic mass is 10.2. The van der Waals surface area contributed by atoms with Crippen LogP contribution in [0.3, 0.4) is 0 Å². The maximum atomic E-state index is 13.2. The van der Waals surface area contributed by atoms with Crippen LogP contribution in [-0.4, -0.2) is 15.8 Å². The number of aromatic nitrogens is 2. The van der Waals surface area contributed by atoms with Gasteiger partial charge in [0.1, 0.15) is 5.82 Å². The van der Waals surface area contributed by atoms with E-state index in [1.165, 1.54) is 16.8 Å². The quantitative estimate of drug-likeness (QED) is 0.931. The van der Waals surface area contributed by atoms with Gasteiger partial charge in [-0.25, -0.2) is 9.07 Å². The molecule has 0 aliphatic heterocycles. The summed E-state index contributed by atoms with van der Waals surface area (Å²) in [4.78, 5) is 12.0. The first-order chi connectivity index (χ1) is 9.45. The highest BCUT2D eigenvalue weighted by atomic mass is 79.9. The molecule has 2 aromatic rings. The van der Waals surface area contributed by atoms with Crippen LogP contribution in [0.1, 0.15) is 19.4 Å². The Morgan fingerprint density at radius 3 is 2.75 bits per heavy atom. The number of benzene rings is 1. The Bertz CT molecular complexity index is 670. The molecule has 1 heterocycles. The van der Waals surface area contributed by atoms with Crippen molar-refractivity contribution in [2.75, 3.05) is 5.32 Å². The molecule has 0 aliphatic rings. The average Bonchev–Trinajstić information content (AvgIpc) is 2.36. The van der Waals surface area contributed by atoms with E-state index in [4.69, 9.17) is 0 Å². The molecule has 6 heteroatoms. The smallest absolute Gasteiger partial charge is 0.269 e. The van der Waals surface area contributed by atoms with E-state index in [1.54, 1.807) is 18.3 Å². The van der Waals surface area contributed by atoms with Crippen LogP contribution in [-0.2, 0) is 6.54 Å². The molecule has 0 spiro atoms. The molecule has 1 N–H and O–H groups in total. The summed E-state index contributed by atoms with van der Waals surface area (Å²) in [6.07, 6.45) is 1.61. The molecule has 0 bridgehead atoms. The number of nitrogens with one attached hydrogen (secondary N) is 1.